The molecule has 0 radical (unpaired) electrons. The third-order valence-electron chi connectivity index (χ3n) is 5.29. The third-order valence-corrected chi connectivity index (χ3v) is 7.81. The van der Waals surface area contributed by atoms with Gasteiger partial charge in [-0.1, -0.05) is 24.6 Å². The molecule has 1 atom stereocenters. The van der Waals surface area contributed by atoms with Gasteiger partial charge >= 0.3 is 5.97 Å². The number of hydrogen-bond donors (Lipinski definition) is 1. The molecule has 28 heavy (non-hydrogen) atoms. The fourth-order valence-corrected chi connectivity index (χ4v) is 6.14. The summed E-state index contributed by atoms with van der Waals surface area (Å²) in [5.74, 6) is 0.140. The maximum atomic E-state index is 10.8. The number of rotatable bonds is 7. The minimum Gasteiger partial charge on any atom is -0.490 e. The average molecular weight is 416 g/mol. The number of carboxylic acids is 1. The molecule has 1 N–H and O–H groups in total. The van der Waals surface area contributed by atoms with Gasteiger partial charge in [-0.2, -0.15) is 0 Å². The molecule has 4 rings (SSSR count). The van der Waals surface area contributed by atoms with Crippen molar-refractivity contribution in [2.45, 2.75) is 77.5 Å². The van der Waals surface area contributed by atoms with Crippen LogP contribution >= 0.6 is 23.5 Å². The molecule has 1 saturated carbocycles. The number of carbonyl (C=O) groups is 1. The number of benzene rings is 1. The Morgan fingerprint density at radius 1 is 1.21 bits per heavy atom. The molecule has 2 aliphatic rings. The van der Waals surface area contributed by atoms with Crippen LogP contribution in [0.3, 0.4) is 0 Å². The lowest BCUT2D eigenvalue weighted by Crippen LogP contribution is -2.23. The molecule has 1 unspecified atom stereocenters. The standard InChI is InChI=1S/C22H25NO3S2/c24-21(25)12-9-16-8-7-15-14-18(10-11-19(15)26-16)27-20-6-3-13-23-22(20)28-17-4-1-2-5-17/h3,6,10-11,13-14,16-17H,1-2,4-5,7-9,12H2,(H,24,25). The van der Waals surface area contributed by atoms with E-state index < -0.39 is 5.97 Å². The van der Waals surface area contributed by atoms with E-state index in [4.69, 9.17) is 9.84 Å². The van der Waals surface area contributed by atoms with E-state index in [0.29, 0.717) is 11.7 Å². The van der Waals surface area contributed by atoms with Gasteiger partial charge < -0.3 is 9.84 Å². The quantitative estimate of drug-likeness (QED) is 0.614. The third kappa shape index (κ3) is 5.03. The number of fused-ring (bicyclic) bond motifs is 1. The minimum absolute atomic E-state index is 0.00911. The summed E-state index contributed by atoms with van der Waals surface area (Å²) < 4.78 is 6.01. The van der Waals surface area contributed by atoms with Gasteiger partial charge in [0.25, 0.3) is 0 Å². The SMILES string of the molecule is O=C(O)CCC1CCc2cc(Sc3cccnc3SC3CCCC3)ccc2O1. The Hall–Kier alpha value is -1.66. The van der Waals surface area contributed by atoms with Crippen LogP contribution in [0.1, 0.15) is 50.5 Å². The first-order valence-electron chi connectivity index (χ1n) is 9.98. The molecule has 1 aromatic heterocycles. The Morgan fingerprint density at radius 3 is 2.89 bits per heavy atom. The van der Waals surface area contributed by atoms with E-state index in [2.05, 4.69) is 23.2 Å². The molecule has 1 aliphatic heterocycles. The van der Waals surface area contributed by atoms with Crippen molar-refractivity contribution in [1.82, 2.24) is 4.98 Å². The van der Waals surface area contributed by atoms with Gasteiger partial charge in [-0.25, -0.2) is 4.98 Å². The number of ether oxygens (including phenoxy) is 1. The molecular formula is C22H25NO3S2. The van der Waals surface area contributed by atoms with Crippen LogP contribution in [-0.2, 0) is 11.2 Å². The number of pyridine rings is 1. The zero-order valence-corrected chi connectivity index (χ0v) is 17.4. The number of carboxylic acid groups (broad SMARTS) is 1. The zero-order valence-electron chi connectivity index (χ0n) is 15.8. The smallest absolute Gasteiger partial charge is 0.303 e. The second kappa shape index (κ2) is 9.23. The molecule has 1 fully saturated rings. The van der Waals surface area contributed by atoms with Gasteiger partial charge in [0.15, 0.2) is 0 Å². The van der Waals surface area contributed by atoms with Crippen molar-refractivity contribution < 1.29 is 14.6 Å². The highest BCUT2D eigenvalue weighted by molar-refractivity contribution is 8.02. The zero-order chi connectivity index (χ0) is 19.3. The van der Waals surface area contributed by atoms with Crippen LogP contribution in [0.2, 0.25) is 0 Å². The van der Waals surface area contributed by atoms with E-state index in [1.54, 1.807) is 11.8 Å². The van der Waals surface area contributed by atoms with Crippen molar-refractivity contribution in [3.05, 3.63) is 42.1 Å². The maximum Gasteiger partial charge on any atom is 0.303 e. The van der Waals surface area contributed by atoms with Gasteiger partial charge in [-0.3, -0.25) is 4.79 Å². The van der Waals surface area contributed by atoms with Crippen LogP contribution in [0.4, 0.5) is 0 Å². The van der Waals surface area contributed by atoms with Gasteiger partial charge in [0.2, 0.25) is 0 Å². The Bertz CT molecular complexity index is 836. The Kier molecular flexibility index (Phi) is 6.47. The van der Waals surface area contributed by atoms with E-state index in [1.165, 1.54) is 41.0 Å². The summed E-state index contributed by atoms with van der Waals surface area (Å²) >= 11 is 3.70. The predicted octanol–water partition coefficient (Wildman–Crippen LogP) is 5.83. The summed E-state index contributed by atoms with van der Waals surface area (Å²) in [6.45, 7) is 0. The number of nitrogens with zero attached hydrogens (tertiary/aromatic N) is 1. The lowest BCUT2D eigenvalue weighted by molar-refractivity contribution is -0.137. The molecule has 0 bridgehead atoms. The second-order valence-electron chi connectivity index (χ2n) is 7.41. The molecule has 0 amide bonds. The van der Waals surface area contributed by atoms with Crippen molar-refractivity contribution >= 4 is 29.5 Å². The van der Waals surface area contributed by atoms with E-state index in [9.17, 15) is 4.79 Å². The first-order chi connectivity index (χ1) is 13.7. The summed E-state index contributed by atoms with van der Waals surface area (Å²) in [5, 5.41) is 10.7. The molecule has 0 spiro atoms. The van der Waals surface area contributed by atoms with Gasteiger partial charge in [-0.15, -0.1) is 11.8 Å². The predicted molar refractivity (Wildman–Crippen MR) is 113 cm³/mol. The van der Waals surface area contributed by atoms with Crippen molar-refractivity contribution in [3.8, 4) is 5.75 Å². The molecule has 4 nitrogen and oxygen atoms in total. The number of thioether (sulfide) groups is 1. The van der Waals surface area contributed by atoms with Crippen molar-refractivity contribution in [1.29, 1.82) is 0 Å². The highest BCUT2D eigenvalue weighted by atomic mass is 32.2. The van der Waals surface area contributed by atoms with Crippen LogP contribution in [-0.4, -0.2) is 27.4 Å². The van der Waals surface area contributed by atoms with Crippen LogP contribution < -0.4 is 4.74 Å². The maximum absolute atomic E-state index is 10.8. The average Bonchev–Trinajstić information content (AvgIpc) is 3.21. The lowest BCUT2D eigenvalue weighted by atomic mass is 9.99. The van der Waals surface area contributed by atoms with Crippen molar-refractivity contribution in [2.24, 2.45) is 0 Å². The van der Waals surface area contributed by atoms with Crippen LogP contribution in [0.5, 0.6) is 5.75 Å². The monoisotopic (exact) mass is 415 g/mol. The van der Waals surface area contributed by atoms with E-state index in [-0.39, 0.29) is 12.5 Å². The number of aromatic nitrogens is 1. The van der Waals surface area contributed by atoms with E-state index in [0.717, 1.165) is 23.6 Å². The lowest BCUT2D eigenvalue weighted by Gasteiger charge is -2.26. The molecule has 0 saturated heterocycles. The summed E-state index contributed by atoms with van der Waals surface area (Å²) in [7, 11) is 0. The molecule has 1 aromatic carbocycles. The number of aryl methyl sites for hydroxylation is 1. The van der Waals surface area contributed by atoms with Gasteiger partial charge in [0.1, 0.15) is 10.8 Å². The fourth-order valence-electron chi connectivity index (χ4n) is 3.81. The number of hydrogen-bond acceptors (Lipinski definition) is 5. The Labute approximate surface area is 174 Å². The first kappa shape index (κ1) is 19.6. The molecular weight excluding hydrogens is 390 g/mol. The number of aliphatic carboxylic acids is 1. The van der Waals surface area contributed by atoms with Gasteiger partial charge in [-0.05, 0) is 68.0 Å². The van der Waals surface area contributed by atoms with Gasteiger partial charge in [0, 0.05) is 27.7 Å². The van der Waals surface area contributed by atoms with Gasteiger partial charge in [0.05, 0.1) is 6.10 Å². The highest BCUT2D eigenvalue weighted by Gasteiger charge is 2.22. The Balaban J connectivity index is 1.43. The summed E-state index contributed by atoms with van der Waals surface area (Å²) in [4.78, 5) is 17.8. The van der Waals surface area contributed by atoms with Crippen LogP contribution in [0, 0.1) is 0 Å². The summed E-state index contributed by atoms with van der Waals surface area (Å²) in [6.07, 6.45) is 9.72. The molecule has 2 heterocycles. The second-order valence-corrected chi connectivity index (χ2v) is 9.82. The van der Waals surface area contributed by atoms with Crippen molar-refractivity contribution in [3.63, 3.8) is 0 Å². The molecule has 6 heteroatoms. The first-order valence-corrected chi connectivity index (χ1v) is 11.7. The fraction of sp³-hybridized carbons (Fsp3) is 0.455. The van der Waals surface area contributed by atoms with Crippen LogP contribution in [0.25, 0.3) is 0 Å². The minimum atomic E-state index is -0.760. The summed E-state index contributed by atoms with van der Waals surface area (Å²) in [6, 6.07) is 10.5. The molecule has 148 valence electrons. The largest absolute Gasteiger partial charge is 0.490 e. The Morgan fingerprint density at radius 2 is 2.07 bits per heavy atom. The molecule has 2 aromatic rings. The normalized spacial score (nSPS) is 19.2. The van der Waals surface area contributed by atoms with Crippen LogP contribution in [0.15, 0.2) is 51.3 Å². The van der Waals surface area contributed by atoms with E-state index in [1.807, 2.05) is 30.1 Å². The topological polar surface area (TPSA) is 59.4 Å². The highest BCUT2D eigenvalue weighted by Crippen LogP contribution is 2.41. The molecule has 1 aliphatic carbocycles. The summed E-state index contributed by atoms with van der Waals surface area (Å²) in [5.41, 5.74) is 1.21. The van der Waals surface area contributed by atoms with Crippen molar-refractivity contribution in [2.75, 3.05) is 0 Å². The van der Waals surface area contributed by atoms with E-state index >= 15 is 0 Å².